The molecule has 1 amide bonds. The highest BCUT2D eigenvalue weighted by molar-refractivity contribution is 7.71. The molecule has 3 aromatic heterocycles. The summed E-state index contributed by atoms with van der Waals surface area (Å²) in [6, 6.07) is 12.1. The minimum absolute atomic E-state index is 0.238. The molecule has 2 N–H and O–H groups in total. The number of furan rings is 1. The molecule has 0 fully saturated rings. The minimum Gasteiger partial charge on any atom is -0.467 e. The average molecular weight is 392 g/mol. The van der Waals surface area contributed by atoms with E-state index in [1.807, 2.05) is 12.1 Å². The lowest BCUT2D eigenvalue weighted by atomic mass is 10.1. The summed E-state index contributed by atoms with van der Waals surface area (Å²) in [5, 5.41) is 3.28. The molecule has 1 aromatic carbocycles. The molecule has 7 nitrogen and oxygen atoms in total. The lowest BCUT2D eigenvalue weighted by molar-refractivity contribution is 0.0951. The predicted molar refractivity (Wildman–Crippen MR) is 107 cm³/mol. The zero-order valence-corrected chi connectivity index (χ0v) is 15.5. The van der Waals surface area contributed by atoms with E-state index in [9.17, 15) is 9.59 Å². The molecule has 0 saturated carbocycles. The van der Waals surface area contributed by atoms with Gasteiger partial charge < -0.3 is 14.7 Å². The summed E-state index contributed by atoms with van der Waals surface area (Å²) in [5.74, 6) is 0.386. The molecular formula is C20H16N4O3S. The Morgan fingerprint density at radius 2 is 2.14 bits per heavy atom. The number of H-pyrrole nitrogens is 1. The van der Waals surface area contributed by atoms with Crippen LogP contribution in [0.4, 0.5) is 0 Å². The van der Waals surface area contributed by atoms with Crippen molar-refractivity contribution in [2.24, 2.45) is 0 Å². The summed E-state index contributed by atoms with van der Waals surface area (Å²) in [4.78, 5) is 32.3. The molecule has 28 heavy (non-hydrogen) atoms. The molecule has 3 heterocycles. The van der Waals surface area contributed by atoms with Crippen molar-refractivity contribution in [1.82, 2.24) is 19.9 Å². The second kappa shape index (κ2) is 7.61. The van der Waals surface area contributed by atoms with Crippen molar-refractivity contribution in [3.63, 3.8) is 0 Å². The fraction of sp³-hybridized carbons (Fsp3) is 0.100. The fourth-order valence-electron chi connectivity index (χ4n) is 2.88. The Balaban J connectivity index is 1.61. The number of carbonyl (C=O) groups is 1. The minimum atomic E-state index is -0.246. The number of pyridine rings is 1. The summed E-state index contributed by atoms with van der Waals surface area (Å²) in [5.41, 5.74) is 1.61. The quantitative estimate of drug-likeness (QED) is 0.509. The second-order valence-corrected chi connectivity index (χ2v) is 6.59. The van der Waals surface area contributed by atoms with Gasteiger partial charge in [0.2, 0.25) is 0 Å². The molecule has 4 aromatic rings. The van der Waals surface area contributed by atoms with Gasteiger partial charge in [-0.05, 0) is 54.2 Å². The van der Waals surface area contributed by atoms with Gasteiger partial charge in [0.05, 0.1) is 23.7 Å². The maximum atomic E-state index is 12.8. The highest BCUT2D eigenvalue weighted by atomic mass is 32.1. The van der Waals surface area contributed by atoms with E-state index in [1.165, 1.54) is 4.57 Å². The third-order valence-corrected chi connectivity index (χ3v) is 4.64. The van der Waals surface area contributed by atoms with E-state index in [2.05, 4.69) is 15.3 Å². The summed E-state index contributed by atoms with van der Waals surface area (Å²) >= 11 is 5.32. The molecule has 140 valence electrons. The number of hydrogen-bond acceptors (Lipinski definition) is 5. The molecule has 0 unspecified atom stereocenters. The summed E-state index contributed by atoms with van der Waals surface area (Å²) in [6.07, 6.45) is 4.92. The Morgan fingerprint density at radius 3 is 2.89 bits per heavy atom. The SMILES string of the molecule is O=C(NCc1cccnc1)c1ccc2c(=O)n(Cc3ccco3)c(=S)[nH]c2c1. The van der Waals surface area contributed by atoms with Gasteiger partial charge in [-0.15, -0.1) is 0 Å². The number of amides is 1. The molecule has 0 saturated heterocycles. The third-order valence-electron chi connectivity index (χ3n) is 4.31. The smallest absolute Gasteiger partial charge is 0.262 e. The van der Waals surface area contributed by atoms with E-state index < -0.39 is 0 Å². The van der Waals surface area contributed by atoms with Gasteiger partial charge in [-0.25, -0.2) is 0 Å². The Morgan fingerprint density at radius 1 is 1.25 bits per heavy atom. The number of benzene rings is 1. The van der Waals surface area contributed by atoms with Gasteiger partial charge in [-0.2, -0.15) is 0 Å². The molecule has 8 heteroatoms. The molecule has 0 spiro atoms. The normalized spacial score (nSPS) is 10.9. The molecular weight excluding hydrogens is 376 g/mol. The van der Waals surface area contributed by atoms with Crippen LogP contribution < -0.4 is 10.9 Å². The topological polar surface area (TPSA) is 92.9 Å². The monoisotopic (exact) mass is 392 g/mol. The van der Waals surface area contributed by atoms with Crippen LogP contribution in [-0.4, -0.2) is 20.4 Å². The number of nitrogens with one attached hydrogen (secondary N) is 2. The highest BCUT2D eigenvalue weighted by Crippen LogP contribution is 2.12. The Bertz CT molecular complexity index is 1240. The second-order valence-electron chi connectivity index (χ2n) is 6.21. The van der Waals surface area contributed by atoms with Gasteiger partial charge in [0, 0.05) is 24.5 Å². The molecule has 0 aliphatic carbocycles. The largest absolute Gasteiger partial charge is 0.467 e. The van der Waals surface area contributed by atoms with E-state index in [0.29, 0.717) is 28.8 Å². The lowest BCUT2D eigenvalue weighted by Gasteiger charge is -2.09. The standard InChI is InChI=1S/C20H16N4O3S/c25-18(22-11-13-3-1-7-21-10-13)14-5-6-16-17(9-14)23-20(28)24(19(16)26)12-15-4-2-8-27-15/h1-10H,11-12H2,(H,22,25)(H,23,28). The van der Waals surface area contributed by atoms with Crippen molar-refractivity contribution >= 4 is 29.0 Å². The average Bonchev–Trinajstić information content (AvgIpc) is 3.23. The van der Waals surface area contributed by atoms with Gasteiger partial charge in [0.1, 0.15) is 5.76 Å². The number of fused-ring (bicyclic) bond motifs is 1. The van der Waals surface area contributed by atoms with Crippen LogP contribution in [0.3, 0.4) is 0 Å². The van der Waals surface area contributed by atoms with Crippen LogP contribution in [0.1, 0.15) is 21.7 Å². The Kier molecular flexibility index (Phi) is 4.86. The molecule has 0 radical (unpaired) electrons. The number of aromatic amines is 1. The van der Waals surface area contributed by atoms with Crippen molar-refractivity contribution in [3.05, 3.63) is 93.1 Å². The zero-order valence-electron chi connectivity index (χ0n) is 14.7. The first kappa shape index (κ1) is 17.9. The number of rotatable bonds is 5. The highest BCUT2D eigenvalue weighted by Gasteiger charge is 2.11. The van der Waals surface area contributed by atoms with Crippen LogP contribution in [0.2, 0.25) is 0 Å². The van der Waals surface area contributed by atoms with Gasteiger partial charge in [0.25, 0.3) is 11.5 Å². The van der Waals surface area contributed by atoms with Crippen molar-refractivity contribution in [2.45, 2.75) is 13.1 Å². The van der Waals surface area contributed by atoms with Crippen LogP contribution in [0.15, 0.2) is 70.3 Å². The van der Waals surface area contributed by atoms with Crippen LogP contribution in [0.5, 0.6) is 0 Å². The summed E-state index contributed by atoms with van der Waals surface area (Å²) in [6.45, 7) is 0.607. The number of hydrogen-bond donors (Lipinski definition) is 2. The molecule has 4 rings (SSSR count). The van der Waals surface area contributed by atoms with E-state index in [-0.39, 0.29) is 22.8 Å². The van der Waals surface area contributed by atoms with Gasteiger partial charge in [-0.3, -0.25) is 19.1 Å². The first-order valence-corrected chi connectivity index (χ1v) is 8.99. The van der Waals surface area contributed by atoms with Crippen LogP contribution >= 0.6 is 12.2 Å². The summed E-state index contributed by atoms with van der Waals surface area (Å²) in [7, 11) is 0. The third kappa shape index (κ3) is 3.63. The number of nitrogens with zero attached hydrogens (tertiary/aromatic N) is 2. The van der Waals surface area contributed by atoms with E-state index in [1.54, 1.807) is 49.0 Å². The number of carbonyl (C=O) groups excluding carboxylic acids is 1. The number of aromatic nitrogens is 3. The maximum Gasteiger partial charge on any atom is 0.262 e. The van der Waals surface area contributed by atoms with Crippen molar-refractivity contribution < 1.29 is 9.21 Å². The summed E-state index contributed by atoms with van der Waals surface area (Å²) < 4.78 is 6.99. The van der Waals surface area contributed by atoms with Crippen LogP contribution in [-0.2, 0) is 13.1 Å². The van der Waals surface area contributed by atoms with E-state index in [0.717, 1.165) is 5.56 Å². The molecule has 0 aliphatic rings. The molecule has 0 atom stereocenters. The first-order chi connectivity index (χ1) is 13.6. The van der Waals surface area contributed by atoms with E-state index >= 15 is 0 Å². The van der Waals surface area contributed by atoms with Crippen molar-refractivity contribution in [1.29, 1.82) is 0 Å². The Labute approximate surface area is 164 Å². The van der Waals surface area contributed by atoms with Gasteiger partial charge in [-0.1, -0.05) is 6.07 Å². The zero-order chi connectivity index (χ0) is 19.5. The van der Waals surface area contributed by atoms with Crippen molar-refractivity contribution in [3.8, 4) is 0 Å². The predicted octanol–water partition coefficient (Wildman–Crippen LogP) is 3.03. The fourth-order valence-corrected chi connectivity index (χ4v) is 3.14. The van der Waals surface area contributed by atoms with Gasteiger partial charge in [0.15, 0.2) is 4.77 Å². The van der Waals surface area contributed by atoms with Crippen molar-refractivity contribution in [2.75, 3.05) is 0 Å². The van der Waals surface area contributed by atoms with Crippen LogP contribution in [0.25, 0.3) is 10.9 Å². The molecule has 0 bridgehead atoms. The first-order valence-electron chi connectivity index (χ1n) is 8.58. The maximum absolute atomic E-state index is 12.8. The Hall–Kier alpha value is -3.52. The van der Waals surface area contributed by atoms with E-state index in [4.69, 9.17) is 16.6 Å². The molecule has 0 aliphatic heterocycles. The van der Waals surface area contributed by atoms with Gasteiger partial charge >= 0.3 is 0 Å². The lowest BCUT2D eigenvalue weighted by Crippen LogP contribution is -2.24. The van der Waals surface area contributed by atoms with Crippen LogP contribution in [0, 0.1) is 4.77 Å².